The third-order valence-corrected chi connectivity index (χ3v) is 2.96. The van der Waals surface area contributed by atoms with Crippen molar-refractivity contribution < 1.29 is 4.92 Å². The Balaban J connectivity index is 2.45. The SMILES string of the molecule is Nc1ccc2nc3n(c2c1[N+](=O)[O-])CCC3. The molecule has 2 N–H and O–H groups in total. The van der Waals surface area contributed by atoms with Crippen LogP contribution in [0.3, 0.4) is 0 Å². The van der Waals surface area contributed by atoms with Crippen LogP contribution < -0.4 is 5.73 Å². The van der Waals surface area contributed by atoms with E-state index in [0.717, 1.165) is 25.2 Å². The number of hydrogen-bond acceptors (Lipinski definition) is 4. The number of rotatable bonds is 1. The largest absolute Gasteiger partial charge is 0.393 e. The number of nitrogens with two attached hydrogens (primary N) is 1. The maximum Gasteiger partial charge on any atom is 0.317 e. The molecule has 1 aromatic carbocycles. The molecule has 0 saturated carbocycles. The van der Waals surface area contributed by atoms with Gasteiger partial charge in [0.25, 0.3) is 0 Å². The molecule has 0 radical (unpaired) electrons. The number of aryl methyl sites for hydroxylation is 2. The lowest BCUT2D eigenvalue weighted by Gasteiger charge is -2.01. The van der Waals surface area contributed by atoms with Gasteiger partial charge in [-0.3, -0.25) is 10.1 Å². The second-order valence-electron chi connectivity index (χ2n) is 3.91. The Morgan fingerprint density at radius 1 is 1.50 bits per heavy atom. The minimum Gasteiger partial charge on any atom is -0.393 e. The van der Waals surface area contributed by atoms with Crippen LogP contribution in [0.4, 0.5) is 11.4 Å². The second kappa shape index (κ2) is 2.94. The molecule has 6 nitrogen and oxygen atoms in total. The zero-order valence-corrected chi connectivity index (χ0v) is 8.51. The van der Waals surface area contributed by atoms with Crippen LogP contribution in [-0.2, 0) is 13.0 Å². The third-order valence-electron chi connectivity index (χ3n) is 2.96. The first-order chi connectivity index (χ1) is 7.68. The van der Waals surface area contributed by atoms with Gasteiger partial charge in [-0.1, -0.05) is 0 Å². The number of fused-ring (bicyclic) bond motifs is 3. The molecule has 1 aliphatic rings. The molecule has 0 fully saturated rings. The van der Waals surface area contributed by atoms with Crippen molar-refractivity contribution in [2.75, 3.05) is 5.73 Å². The molecule has 0 aliphatic carbocycles. The van der Waals surface area contributed by atoms with E-state index in [-0.39, 0.29) is 11.4 Å². The summed E-state index contributed by atoms with van der Waals surface area (Å²) in [7, 11) is 0. The first-order valence-electron chi connectivity index (χ1n) is 5.10. The van der Waals surface area contributed by atoms with E-state index >= 15 is 0 Å². The number of nitro groups is 1. The molecule has 1 aliphatic heterocycles. The molecular formula is C10H10N4O2. The summed E-state index contributed by atoms with van der Waals surface area (Å²) in [5.74, 6) is 0.920. The molecule has 0 bridgehead atoms. The molecule has 82 valence electrons. The normalized spacial score (nSPS) is 14.2. The number of nitrogens with zero attached hydrogens (tertiary/aromatic N) is 3. The maximum atomic E-state index is 11.0. The predicted molar refractivity (Wildman–Crippen MR) is 59.1 cm³/mol. The van der Waals surface area contributed by atoms with Crippen molar-refractivity contribution in [2.24, 2.45) is 0 Å². The molecule has 0 amide bonds. The van der Waals surface area contributed by atoms with Gasteiger partial charge in [0.2, 0.25) is 0 Å². The summed E-state index contributed by atoms with van der Waals surface area (Å²) in [5.41, 5.74) is 7.07. The lowest BCUT2D eigenvalue weighted by Crippen LogP contribution is -2.00. The Kier molecular flexibility index (Phi) is 1.68. The molecule has 1 aromatic heterocycles. The van der Waals surface area contributed by atoms with Crippen molar-refractivity contribution in [1.29, 1.82) is 0 Å². The molecule has 0 unspecified atom stereocenters. The van der Waals surface area contributed by atoms with Crippen molar-refractivity contribution in [2.45, 2.75) is 19.4 Å². The van der Waals surface area contributed by atoms with Gasteiger partial charge in [-0.05, 0) is 18.6 Å². The fourth-order valence-corrected chi connectivity index (χ4v) is 2.29. The molecule has 0 spiro atoms. The Hall–Kier alpha value is -2.11. The van der Waals surface area contributed by atoms with E-state index in [4.69, 9.17) is 5.73 Å². The number of nitrogen functional groups attached to an aromatic ring is 1. The van der Waals surface area contributed by atoms with Crippen LogP contribution in [0.25, 0.3) is 11.0 Å². The molecule has 16 heavy (non-hydrogen) atoms. The van der Waals surface area contributed by atoms with E-state index in [9.17, 15) is 10.1 Å². The number of aromatic nitrogens is 2. The van der Waals surface area contributed by atoms with Crippen LogP contribution in [-0.4, -0.2) is 14.5 Å². The van der Waals surface area contributed by atoms with Crippen molar-refractivity contribution >= 4 is 22.4 Å². The van der Waals surface area contributed by atoms with E-state index < -0.39 is 4.92 Å². The van der Waals surface area contributed by atoms with Crippen LogP contribution >= 0.6 is 0 Å². The molecule has 0 saturated heterocycles. The molecular weight excluding hydrogens is 208 g/mol. The summed E-state index contributed by atoms with van der Waals surface area (Å²) in [4.78, 5) is 15.0. The van der Waals surface area contributed by atoms with E-state index in [0.29, 0.717) is 11.0 Å². The van der Waals surface area contributed by atoms with E-state index in [1.807, 2.05) is 4.57 Å². The summed E-state index contributed by atoms with van der Waals surface area (Å²) < 4.78 is 1.91. The molecule has 0 atom stereocenters. The highest BCUT2D eigenvalue weighted by Gasteiger charge is 2.25. The predicted octanol–water partition coefficient (Wildman–Crippen LogP) is 1.47. The molecule has 2 aromatic rings. The quantitative estimate of drug-likeness (QED) is 0.446. The lowest BCUT2D eigenvalue weighted by atomic mass is 10.2. The van der Waals surface area contributed by atoms with Gasteiger partial charge in [0.15, 0.2) is 0 Å². The number of imidazole rings is 1. The minimum atomic E-state index is -0.426. The molecule has 3 rings (SSSR count). The fraction of sp³-hybridized carbons (Fsp3) is 0.300. The highest BCUT2D eigenvalue weighted by atomic mass is 16.6. The average molecular weight is 218 g/mol. The second-order valence-corrected chi connectivity index (χ2v) is 3.91. The standard InChI is InChI=1S/C10H10N4O2/c11-6-3-4-7-10(9(6)14(15)16)13-5-1-2-8(13)12-7/h3-4H,1-2,5,11H2. The van der Waals surface area contributed by atoms with Gasteiger partial charge in [0.05, 0.1) is 10.4 Å². The van der Waals surface area contributed by atoms with E-state index in [2.05, 4.69) is 4.98 Å². The smallest absolute Gasteiger partial charge is 0.317 e. The van der Waals surface area contributed by atoms with Crippen LogP contribution in [0.15, 0.2) is 12.1 Å². The van der Waals surface area contributed by atoms with E-state index in [1.54, 1.807) is 12.1 Å². The lowest BCUT2D eigenvalue weighted by molar-refractivity contribution is -0.382. The van der Waals surface area contributed by atoms with Crippen LogP contribution in [0.5, 0.6) is 0 Å². The summed E-state index contributed by atoms with van der Waals surface area (Å²) in [6, 6.07) is 3.28. The van der Waals surface area contributed by atoms with Gasteiger partial charge in [0, 0.05) is 13.0 Å². The van der Waals surface area contributed by atoms with Gasteiger partial charge in [-0.2, -0.15) is 0 Å². The van der Waals surface area contributed by atoms with Gasteiger partial charge in [-0.15, -0.1) is 0 Å². The van der Waals surface area contributed by atoms with Crippen molar-refractivity contribution in [1.82, 2.24) is 9.55 Å². The van der Waals surface area contributed by atoms with Crippen LogP contribution in [0.2, 0.25) is 0 Å². The summed E-state index contributed by atoms with van der Waals surface area (Å²) >= 11 is 0. The van der Waals surface area contributed by atoms with Crippen molar-refractivity contribution in [3.8, 4) is 0 Å². The average Bonchev–Trinajstić information content (AvgIpc) is 2.77. The first kappa shape index (κ1) is 9.14. The number of benzene rings is 1. The Labute approximate surface area is 90.8 Å². The van der Waals surface area contributed by atoms with Gasteiger partial charge >= 0.3 is 5.69 Å². The summed E-state index contributed by atoms with van der Waals surface area (Å²) in [6.07, 6.45) is 1.87. The first-order valence-corrected chi connectivity index (χ1v) is 5.10. The molecule has 6 heteroatoms. The highest BCUT2D eigenvalue weighted by molar-refractivity contribution is 5.91. The monoisotopic (exact) mass is 218 g/mol. The van der Waals surface area contributed by atoms with Gasteiger partial charge < -0.3 is 10.3 Å². The topological polar surface area (TPSA) is 87.0 Å². The zero-order chi connectivity index (χ0) is 11.3. The Morgan fingerprint density at radius 3 is 3.06 bits per heavy atom. The Morgan fingerprint density at radius 2 is 2.31 bits per heavy atom. The zero-order valence-electron chi connectivity index (χ0n) is 8.51. The summed E-state index contributed by atoms with van der Waals surface area (Å²) in [5, 5.41) is 11.0. The Bertz CT molecular complexity index is 602. The van der Waals surface area contributed by atoms with Gasteiger partial charge in [-0.25, -0.2) is 4.98 Å². The number of nitro benzene ring substituents is 1. The van der Waals surface area contributed by atoms with E-state index in [1.165, 1.54) is 0 Å². The van der Waals surface area contributed by atoms with Gasteiger partial charge in [0.1, 0.15) is 17.0 Å². The fourth-order valence-electron chi connectivity index (χ4n) is 2.29. The maximum absolute atomic E-state index is 11.0. The highest BCUT2D eigenvalue weighted by Crippen LogP contribution is 2.34. The van der Waals surface area contributed by atoms with Crippen molar-refractivity contribution in [3.63, 3.8) is 0 Å². The van der Waals surface area contributed by atoms with Crippen LogP contribution in [0, 0.1) is 10.1 Å². The minimum absolute atomic E-state index is 0.0156. The molecule has 2 heterocycles. The summed E-state index contributed by atoms with van der Waals surface area (Å²) in [6.45, 7) is 0.788. The number of hydrogen-bond donors (Lipinski definition) is 1. The third kappa shape index (κ3) is 1.04. The number of anilines is 1. The van der Waals surface area contributed by atoms with Crippen LogP contribution in [0.1, 0.15) is 12.2 Å². The van der Waals surface area contributed by atoms with Crippen molar-refractivity contribution in [3.05, 3.63) is 28.1 Å².